The van der Waals surface area contributed by atoms with E-state index >= 15 is 0 Å². The minimum absolute atomic E-state index is 0.0450. The lowest BCUT2D eigenvalue weighted by Gasteiger charge is -2.21. The molecule has 0 bridgehead atoms. The molecule has 6 heteroatoms. The van der Waals surface area contributed by atoms with Crippen molar-refractivity contribution < 1.29 is 19.0 Å². The lowest BCUT2D eigenvalue weighted by molar-refractivity contribution is -0.120. The van der Waals surface area contributed by atoms with E-state index in [1.54, 1.807) is 7.11 Å². The van der Waals surface area contributed by atoms with E-state index in [1.165, 1.54) is 0 Å². The third kappa shape index (κ3) is 4.61. The fraction of sp³-hybridized carbons (Fsp3) is 0.533. The van der Waals surface area contributed by atoms with E-state index in [1.807, 2.05) is 25.1 Å². The van der Waals surface area contributed by atoms with E-state index in [2.05, 4.69) is 10.6 Å². The van der Waals surface area contributed by atoms with Gasteiger partial charge in [-0.3, -0.25) is 4.79 Å². The number of hydrogen-bond acceptors (Lipinski definition) is 5. The molecule has 0 saturated carbocycles. The first-order valence-electron chi connectivity index (χ1n) is 7.09. The van der Waals surface area contributed by atoms with Crippen LogP contribution in [-0.2, 0) is 9.53 Å². The topological polar surface area (TPSA) is 68.8 Å². The maximum absolute atomic E-state index is 11.6. The van der Waals surface area contributed by atoms with Gasteiger partial charge in [0, 0.05) is 19.7 Å². The summed E-state index contributed by atoms with van der Waals surface area (Å²) in [5.74, 6) is 1.49. The van der Waals surface area contributed by atoms with Crippen LogP contribution >= 0.6 is 0 Å². The summed E-state index contributed by atoms with van der Waals surface area (Å²) in [4.78, 5) is 11.6. The van der Waals surface area contributed by atoms with Gasteiger partial charge in [0.25, 0.3) is 0 Å². The molecule has 0 fully saturated rings. The number of methoxy groups -OCH3 is 1. The summed E-state index contributed by atoms with van der Waals surface area (Å²) in [6.45, 7) is 4.47. The molecule has 0 spiro atoms. The Hall–Kier alpha value is -1.79. The summed E-state index contributed by atoms with van der Waals surface area (Å²) in [6.07, 6.45) is 0. The molecule has 1 amide bonds. The van der Waals surface area contributed by atoms with E-state index in [4.69, 9.17) is 14.2 Å². The van der Waals surface area contributed by atoms with E-state index in [0.717, 1.165) is 17.1 Å². The van der Waals surface area contributed by atoms with Crippen molar-refractivity contribution in [3.05, 3.63) is 23.8 Å². The van der Waals surface area contributed by atoms with Gasteiger partial charge in [-0.2, -0.15) is 0 Å². The molecule has 1 aromatic rings. The van der Waals surface area contributed by atoms with Crippen LogP contribution in [0.25, 0.3) is 0 Å². The summed E-state index contributed by atoms with van der Waals surface area (Å²) in [6, 6.07) is 5.89. The number of benzene rings is 1. The predicted octanol–water partition coefficient (Wildman–Crippen LogP) is 0.871. The lowest BCUT2D eigenvalue weighted by atomic mass is 10.1. The van der Waals surface area contributed by atoms with Gasteiger partial charge in [0.2, 0.25) is 5.91 Å². The summed E-state index contributed by atoms with van der Waals surface area (Å²) in [5.41, 5.74) is 1.06. The monoisotopic (exact) mass is 294 g/mol. The summed E-state index contributed by atoms with van der Waals surface area (Å²) >= 11 is 0. The zero-order chi connectivity index (χ0) is 15.1. The van der Waals surface area contributed by atoms with Gasteiger partial charge in [0.15, 0.2) is 11.5 Å². The molecule has 1 unspecified atom stereocenters. The average Bonchev–Trinajstić information content (AvgIpc) is 2.52. The molecule has 1 aliphatic rings. The van der Waals surface area contributed by atoms with Crippen LogP contribution in [0.15, 0.2) is 18.2 Å². The van der Waals surface area contributed by atoms with Gasteiger partial charge in [-0.15, -0.1) is 0 Å². The van der Waals surface area contributed by atoms with Crippen molar-refractivity contribution in [3.8, 4) is 11.5 Å². The minimum atomic E-state index is -0.0450. The van der Waals surface area contributed by atoms with Crippen molar-refractivity contribution in [1.29, 1.82) is 0 Å². The van der Waals surface area contributed by atoms with Crippen molar-refractivity contribution in [1.82, 2.24) is 10.6 Å². The van der Waals surface area contributed by atoms with Gasteiger partial charge < -0.3 is 24.8 Å². The predicted molar refractivity (Wildman–Crippen MR) is 78.7 cm³/mol. The van der Waals surface area contributed by atoms with Crippen molar-refractivity contribution in [2.45, 2.75) is 13.0 Å². The van der Waals surface area contributed by atoms with Gasteiger partial charge in [-0.05, 0) is 24.6 Å². The first-order chi connectivity index (χ1) is 10.2. The number of fused-ring (bicyclic) bond motifs is 1. The summed E-state index contributed by atoms with van der Waals surface area (Å²) in [7, 11) is 1.61. The second-order valence-electron chi connectivity index (χ2n) is 4.85. The Morgan fingerprint density at radius 3 is 2.86 bits per heavy atom. The second-order valence-corrected chi connectivity index (χ2v) is 4.85. The normalized spacial score (nSPS) is 14.6. The number of ether oxygens (including phenoxy) is 3. The van der Waals surface area contributed by atoms with E-state index in [-0.39, 0.29) is 18.5 Å². The number of carbonyl (C=O) groups excluding carboxylic acids is 1. The van der Waals surface area contributed by atoms with Crippen LogP contribution in [0.5, 0.6) is 11.5 Å². The zero-order valence-electron chi connectivity index (χ0n) is 12.5. The maximum Gasteiger partial charge on any atom is 0.234 e. The van der Waals surface area contributed by atoms with Gasteiger partial charge in [0.1, 0.15) is 13.2 Å². The second kappa shape index (κ2) is 7.85. The standard InChI is InChI=1S/C15H22N2O4/c1-11(17-10-15(18)16-5-6-19-2)12-3-4-13-14(9-12)21-8-7-20-13/h3-4,9,11,17H,5-8,10H2,1-2H3,(H,16,18). The highest BCUT2D eigenvalue weighted by molar-refractivity contribution is 5.78. The first-order valence-corrected chi connectivity index (χ1v) is 7.09. The van der Waals surface area contributed by atoms with Gasteiger partial charge in [-0.1, -0.05) is 6.07 Å². The van der Waals surface area contributed by atoms with Gasteiger partial charge in [0.05, 0.1) is 13.2 Å². The Balaban J connectivity index is 1.83. The molecule has 2 rings (SSSR count). The van der Waals surface area contributed by atoms with Crippen molar-refractivity contribution in [3.63, 3.8) is 0 Å². The van der Waals surface area contributed by atoms with Crippen LogP contribution in [-0.4, -0.2) is 45.9 Å². The van der Waals surface area contributed by atoms with Crippen molar-refractivity contribution >= 4 is 5.91 Å². The quantitative estimate of drug-likeness (QED) is 0.730. The molecular weight excluding hydrogens is 272 g/mol. The van der Waals surface area contributed by atoms with E-state index in [9.17, 15) is 4.79 Å². The van der Waals surface area contributed by atoms with Crippen LogP contribution in [0.4, 0.5) is 0 Å². The Morgan fingerprint density at radius 2 is 2.10 bits per heavy atom. The van der Waals surface area contributed by atoms with E-state index < -0.39 is 0 Å². The molecule has 0 radical (unpaired) electrons. The number of rotatable bonds is 7. The molecule has 1 heterocycles. The third-order valence-electron chi connectivity index (χ3n) is 3.26. The third-order valence-corrected chi connectivity index (χ3v) is 3.26. The molecule has 1 aliphatic heterocycles. The molecule has 1 aromatic carbocycles. The number of carbonyl (C=O) groups is 1. The Labute approximate surface area is 124 Å². The van der Waals surface area contributed by atoms with E-state index in [0.29, 0.717) is 26.4 Å². The maximum atomic E-state index is 11.6. The molecule has 116 valence electrons. The minimum Gasteiger partial charge on any atom is -0.486 e. The number of hydrogen-bond donors (Lipinski definition) is 2. The Bertz CT molecular complexity index is 479. The molecule has 2 N–H and O–H groups in total. The number of amides is 1. The molecule has 0 saturated heterocycles. The molecule has 6 nitrogen and oxygen atoms in total. The Kier molecular flexibility index (Phi) is 5.83. The Morgan fingerprint density at radius 1 is 1.33 bits per heavy atom. The lowest BCUT2D eigenvalue weighted by Crippen LogP contribution is -2.36. The highest BCUT2D eigenvalue weighted by Crippen LogP contribution is 2.32. The fourth-order valence-electron chi connectivity index (χ4n) is 2.05. The number of nitrogens with one attached hydrogen (secondary N) is 2. The van der Waals surface area contributed by atoms with Crippen LogP contribution in [0.2, 0.25) is 0 Å². The zero-order valence-corrected chi connectivity index (χ0v) is 12.5. The molecule has 0 aromatic heterocycles. The fourth-order valence-corrected chi connectivity index (χ4v) is 2.05. The molecule has 21 heavy (non-hydrogen) atoms. The van der Waals surface area contributed by atoms with Crippen molar-refractivity contribution in [2.75, 3.05) is 40.0 Å². The van der Waals surface area contributed by atoms with Crippen LogP contribution in [0.1, 0.15) is 18.5 Å². The molecule has 0 aliphatic carbocycles. The summed E-state index contributed by atoms with van der Waals surface area (Å²) < 4.78 is 15.9. The average molecular weight is 294 g/mol. The highest BCUT2D eigenvalue weighted by atomic mass is 16.6. The largest absolute Gasteiger partial charge is 0.486 e. The molecule has 1 atom stereocenters. The summed E-state index contributed by atoms with van der Waals surface area (Å²) in [5, 5.41) is 5.95. The van der Waals surface area contributed by atoms with Crippen molar-refractivity contribution in [2.24, 2.45) is 0 Å². The van der Waals surface area contributed by atoms with Gasteiger partial charge in [-0.25, -0.2) is 0 Å². The van der Waals surface area contributed by atoms with Gasteiger partial charge >= 0.3 is 0 Å². The SMILES string of the molecule is COCCNC(=O)CNC(C)c1ccc2c(c1)OCCO2. The van der Waals surface area contributed by atoms with Crippen LogP contribution < -0.4 is 20.1 Å². The first kappa shape index (κ1) is 15.6. The highest BCUT2D eigenvalue weighted by Gasteiger charge is 2.14. The molecular formula is C15H22N2O4. The van der Waals surface area contributed by atoms with Crippen LogP contribution in [0.3, 0.4) is 0 Å². The smallest absolute Gasteiger partial charge is 0.234 e. The van der Waals surface area contributed by atoms with Crippen LogP contribution in [0, 0.1) is 0 Å².